The molecule has 0 saturated heterocycles. The normalized spacial score (nSPS) is 10.5. The molecule has 0 spiro atoms. The third-order valence-electron chi connectivity index (χ3n) is 4.04. The van der Waals surface area contributed by atoms with Crippen LogP contribution in [0.15, 0.2) is 78.9 Å². The SMILES string of the molecule is CC(=O)Oc1cccc(C(=O)Nc2ccc(NC(=O)/C=C/c3cccc(Cl)c3)cc2)c1. The highest BCUT2D eigenvalue weighted by Gasteiger charge is 2.08. The number of esters is 1. The highest BCUT2D eigenvalue weighted by atomic mass is 35.5. The summed E-state index contributed by atoms with van der Waals surface area (Å²) in [5.41, 5.74) is 2.30. The second-order valence-corrected chi connectivity index (χ2v) is 6.97. The smallest absolute Gasteiger partial charge is 0.308 e. The van der Waals surface area contributed by atoms with Crippen molar-refractivity contribution in [3.05, 3.63) is 95.0 Å². The van der Waals surface area contributed by atoms with E-state index >= 15 is 0 Å². The molecule has 31 heavy (non-hydrogen) atoms. The number of rotatable bonds is 6. The number of hydrogen-bond donors (Lipinski definition) is 2. The Morgan fingerprint density at radius 1 is 0.871 bits per heavy atom. The Labute approximate surface area is 184 Å². The van der Waals surface area contributed by atoms with Gasteiger partial charge in [0, 0.05) is 35.0 Å². The van der Waals surface area contributed by atoms with E-state index < -0.39 is 5.97 Å². The van der Waals surface area contributed by atoms with E-state index in [-0.39, 0.29) is 11.8 Å². The molecule has 0 saturated carbocycles. The topological polar surface area (TPSA) is 84.5 Å². The number of ether oxygens (including phenoxy) is 1. The summed E-state index contributed by atoms with van der Waals surface area (Å²) in [5, 5.41) is 6.09. The molecule has 6 nitrogen and oxygen atoms in total. The Hall–Kier alpha value is -3.90. The molecule has 3 rings (SSSR count). The molecule has 0 radical (unpaired) electrons. The predicted molar refractivity (Wildman–Crippen MR) is 121 cm³/mol. The summed E-state index contributed by atoms with van der Waals surface area (Å²) in [6.45, 7) is 1.29. The molecule has 156 valence electrons. The van der Waals surface area contributed by atoms with E-state index in [1.807, 2.05) is 6.07 Å². The zero-order valence-electron chi connectivity index (χ0n) is 16.6. The first-order valence-electron chi connectivity index (χ1n) is 9.33. The first-order valence-corrected chi connectivity index (χ1v) is 9.71. The van der Waals surface area contributed by atoms with E-state index in [1.165, 1.54) is 19.1 Å². The highest BCUT2D eigenvalue weighted by molar-refractivity contribution is 6.30. The summed E-state index contributed by atoms with van der Waals surface area (Å²) < 4.78 is 4.99. The van der Waals surface area contributed by atoms with E-state index in [1.54, 1.807) is 66.7 Å². The van der Waals surface area contributed by atoms with Gasteiger partial charge >= 0.3 is 5.97 Å². The number of amides is 2. The zero-order chi connectivity index (χ0) is 22.2. The molecule has 3 aromatic carbocycles. The average Bonchev–Trinajstić information content (AvgIpc) is 2.73. The van der Waals surface area contributed by atoms with Crippen LogP contribution in [0, 0.1) is 0 Å². The maximum atomic E-state index is 12.4. The molecule has 0 bridgehead atoms. The summed E-state index contributed by atoms with van der Waals surface area (Å²) in [6, 6.07) is 20.2. The van der Waals surface area contributed by atoms with E-state index in [0.29, 0.717) is 27.7 Å². The van der Waals surface area contributed by atoms with Gasteiger partial charge in [0.1, 0.15) is 5.75 Å². The number of hydrogen-bond acceptors (Lipinski definition) is 4. The molecule has 0 atom stereocenters. The van der Waals surface area contributed by atoms with Gasteiger partial charge in [0.15, 0.2) is 0 Å². The quantitative estimate of drug-likeness (QED) is 0.318. The molecule has 0 heterocycles. The van der Waals surface area contributed by atoms with Crippen molar-refractivity contribution in [2.24, 2.45) is 0 Å². The van der Waals surface area contributed by atoms with E-state index in [2.05, 4.69) is 10.6 Å². The van der Waals surface area contributed by atoms with Gasteiger partial charge in [-0.05, 0) is 66.2 Å². The summed E-state index contributed by atoms with van der Waals surface area (Å²) in [5.74, 6) is -0.809. The number of halogens is 1. The number of carbonyl (C=O) groups excluding carboxylic acids is 3. The van der Waals surface area contributed by atoms with Gasteiger partial charge < -0.3 is 15.4 Å². The van der Waals surface area contributed by atoms with E-state index in [0.717, 1.165) is 5.56 Å². The van der Waals surface area contributed by atoms with Gasteiger partial charge in [-0.15, -0.1) is 0 Å². The fourth-order valence-electron chi connectivity index (χ4n) is 2.67. The van der Waals surface area contributed by atoms with Gasteiger partial charge in [0.25, 0.3) is 5.91 Å². The molecule has 3 aromatic rings. The molecule has 2 N–H and O–H groups in total. The van der Waals surface area contributed by atoms with Gasteiger partial charge in [-0.3, -0.25) is 14.4 Å². The van der Waals surface area contributed by atoms with Crippen molar-refractivity contribution < 1.29 is 19.1 Å². The Morgan fingerprint density at radius 2 is 1.55 bits per heavy atom. The Bertz CT molecular complexity index is 1140. The monoisotopic (exact) mass is 434 g/mol. The molecular weight excluding hydrogens is 416 g/mol. The average molecular weight is 435 g/mol. The number of carbonyl (C=O) groups is 3. The molecule has 0 aliphatic heterocycles. The van der Waals surface area contributed by atoms with Crippen LogP contribution in [-0.4, -0.2) is 17.8 Å². The van der Waals surface area contributed by atoms with Crippen LogP contribution in [0.3, 0.4) is 0 Å². The fraction of sp³-hybridized carbons (Fsp3) is 0.0417. The summed E-state index contributed by atoms with van der Waals surface area (Å²) in [4.78, 5) is 35.6. The van der Waals surface area contributed by atoms with Crippen molar-refractivity contribution in [2.75, 3.05) is 10.6 Å². The van der Waals surface area contributed by atoms with Crippen molar-refractivity contribution in [2.45, 2.75) is 6.92 Å². The lowest BCUT2D eigenvalue weighted by Gasteiger charge is -2.08. The maximum absolute atomic E-state index is 12.4. The van der Waals surface area contributed by atoms with Gasteiger partial charge in [0.2, 0.25) is 5.91 Å². The molecule has 0 fully saturated rings. The van der Waals surface area contributed by atoms with Crippen molar-refractivity contribution in [1.29, 1.82) is 0 Å². The van der Waals surface area contributed by atoms with Gasteiger partial charge in [-0.2, -0.15) is 0 Å². The number of nitrogens with one attached hydrogen (secondary N) is 2. The van der Waals surface area contributed by atoms with Crippen LogP contribution in [0.5, 0.6) is 5.75 Å². The lowest BCUT2D eigenvalue weighted by Crippen LogP contribution is -2.12. The van der Waals surface area contributed by atoms with Crippen LogP contribution in [-0.2, 0) is 9.59 Å². The van der Waals surface area contributed by atoms with Gasteiger partial charge in [-0.1, -0.05) is 29.8 Å². The molecule has 2 amide bonds. The second-order valence-electron chi connectivity index (χ2n) is 6.53. The van der Waals surface area contributed by atoms with Crippen molar-refractivity contribution in [3.8, 4) is 5.75 Å². The molecular formula is C24H19ClN2O4. The van der Waals surface area contributed by atoms with Crippen LogP contribution < -0.4 is 15.4 Å². The van der Waals surface area contributed by atoms with Crippen LogP contribution in [0.25, 0.3) is 6.08 Å². The van der Waals surface area contributed by atoms with E-state index in [9.17, 15) is 14.4 Å². The Morgan fingerprint density at radius 3 is 2.23 bits per heavy atom. The molecule has 0 aliphatic rings. The highest BCUT2D eigenvalue weighted by Crippen LogP contribution is 2.18. The largest absolute Gasteiger partial charge is 0.427 e. The zero-order valence-corrected chi connectivity index (χ0v) is 17.3. The van der Waals surface area contributed by atoms with Gasteiger partial charge in [-0.25, -0.2) is 0 Å². The summed E-state index contributed by atoms with van der Waals surface area (Å²) >= 11 is 5.92. The third kappa shape index (κ3) is 6.83. The molecule has 0 aliphatic carbocycles. The fourth-order valence-corrected chi connectivity index (χ4v) is 2.87. The minimum Gasteiger partial charge on any atom is -0.427 e. The third-order valence-corrected chi connectivity index (χ3v) is 4.28. The summed E-state index contributed by atoms with van der Waals surface area (Å²) in [6.07, 6.45) is 3.08. The van der Waals surface area contributed by atoms with Crippen molar-refractivity contribution in [3.63, 3.8) is 0 Å². The van der Waals surface area contributed by atoms with Gasteiger partial charge in [0.05, 0.1) is 0 Å². The van der Waals surface area contributed by atoms with E-state index in [4.69, 9.17) is 16.3 Å². The lowest BCUT2D eigenvalue weighted by molar-refractivity contribution is -0.131. The van der Waals surface area contributed by atoms with Crippen LogP contribution in [0.4, 0.5) is 11.4 Å². The van der Waals surface area contributed by atoms with Crippen molar-refractivity contribution >= 4 is 46.8 Å². The number of anilines is 2. The predicted octanol–water partition coefficient (Wildman–Crippen LogP) is 5.17. The standard InChI is InChI=1S/C24H19ClN2O4/c1-16(28)31-22-7-3-5-18(15-22)24(30)27-21-11-9-20(10-12-21)26-23(29)13-8-17-4-2-6-19(25)14-17/h2-15H,1H3,(H,26,29)(H,27,30)/b13-8+. The number of benzene rings is 3. The first-order chi connectivity index (χ1) is 14.9. The van der Waals surface area contributed by atoms with Crippen molar-refractivity contribution in [1.82, 2.24) is 0 Å². The van der Waals surface area contributed by atoms with Crippen LogP contribution in [0.1, 0.15) is 22.8 Å². The minimum absolute atomic E-state index is 0.293. The minimum atomic E-state index is -0.461. The first kappa shape index (κ1) is 21.8. The summed E-state index contributed by atoms with van der Waals surface area (Å²) in [7, 11) is 0. The van der Waals surface area contributed by atoms with Crippen LogP contribution in [0.2, 0.25) is 5.02 Å². The lowest BCUT2D eigenvalue weighted by atomic mass is 10.2. The Balaban J connectivity index is 1.58. The Kier molecular flexibility index (Phi) is 7.19. The second kappa shape index (κ2) is 10.2. The van der Waals surface area contributed by atoms with Crippen LogP contribution >= 0.6 is 11.6 Å². The maximum Gasteiger partial charge on any atom is 0.308 e. The molecule has 7 heteroatoms. The molecule has 0 aromatic heterocycles. The molecule has 0 unspecified atom stereocenters.